The second kappa shape index (κ2) is 3.17. The van der Waals surface area contributed by atoms with E-state index in [-0.39, 0.29) is 5.56 Å². The Balaban J connectivity index is 3.32. The molecule has 0 unspecified atom stereocenters. The number of carboxylic acids is 1. The summed E-state index contributed by atoms with van der Waals surface area (Å²) >= 11 is 0. The molecule has 62 valence electrons. The third-order valence-corrected chi connectivity index (χ3v) is 1.73. The molecule has 0 aliphatic carbocycles. The molecular formula is C9H8O3. The van der Waals surface area contributed by atoms with Crippen LogP contribution in [0.15, 0.2) is 18.2 Å². The number of hydrogen-bond acceptors (Lipinski definition) is 2. The van der Waals surface area contributed by atoms with E-state index in [1.807, 2.05) is 0 Å². The number of hydrogen-bond donors (Lipinski definition) is 1. The van der Waals surface area contributed by atoms with Gasteiger partial charge in [0, 0.05) is 5.56 Å². The normalized spacial score (nSPS) is 9.42. The van der Waals surface area contributed by atoms with E-state index >= 15 is 0 Å². The average Bonchev–Trinajstić information content (AvgIpc) is 2.04. The van der Waals surface area contributed by atoms with Crippen LogP contribution in [0.3, 0.4) is 0 Å². The minimum absolute atomic E-state index is 0.180. The van der Waals surface area contributed by atoms with Crippen LogP contribution < -0.4 is 0 Å². The van der Waals surface area contributed by atoms with E-state index in [1.165, 1.54) is 6.07 Å². The standard InChI is InChI=1S/C9H8O3/c1-6-7(5-10)3-2-4-8(6)9(11)12/h2-5H,1H3,(H,11,12). The number of benzene rings is 1. The summed E-state index contributed by atoms with van der Waals surface area (Å²) in [5.74, 6) is -1.00. The lowest BCUT2D eigenvalue weighted by atomic mass is 10.0. The fraction of sp³-hybridized carbons (Fsp3) is 0.111. The second-order valence-corrected chi connectivity index (χ2v) is 2.44. The molecule has 1 rings (SSSR count). The summed E-state index contributed by atoms with van der Waals surface area (Å²) in [5.41, 5.74) is 1.12. The zero-order chi connectivity index (χ0) is 9.14. The molecule has 0 aliphatic heterocycles. The van der Waals surface area contributed by atoms with Gasteiger partial charge in [-0.25, -0.2) is 4.79 Å². The van der Waals surface area contributed by atoms with Crippen LogP contribution in [0.1, 0.15) is 26.3 Å². The van der Waals surface area contributed by atoms with Gasteiger partial charge in [0.15, 0.2) is 0 Å². The Labute approximate surface area is 69.6 Å². The van der Waals surface area contributed by atoms with E-state index in [0.717, 1.165) is 0 Å². The molecule has 0 radical (unpaired) electrons. The van der Waals surface area contributed by atoms with Crippen LogP contribution in [-0.2, 0) is 0 Å². The molecule has 12 heavy (non-hydrogen) atoms. The van der Waals surface area contributed by atoms with Crippen molar-refractivity contribution in [3.63, 3.8) is 0 Å². The summed E-state index contributed by atoms with van der Waals surface area (Å²) in [6, 6.07) is 4.62. The smallest absolute Gasteiger partial charge is 0.335 e. The summed E-state index contributed by atoms with van der Waals surface area (Å²) in [7, 11) is 0. The lowest BCUT2D eigenvalue weighted by molar-refractivity contribution is 0.0696. The van der Waals surface area contributed by atoms with Crippen molar-refractivity contribution in [2.75, 3.05) is 0 Å². The molecule has 1 N–H and O–H groups in total. The number of carboxylic acid groups (broad SMARTS) is 1. The highest BCUT2D eigenvalue weighted by atomic mass is 16.4. The monoisotopic (exact) mass is 164 g/mol. The van der Waals surface area contributed by atoms with Gasteiger partial charge < -0.3 is 5.11 Å². The van der Waals surface area contributed by atoms with Crippen molar-refractivity contribution >= 4 is 12.3 Å². The van der Waals surface area contributed by atoms with Gasteiger partial charge in [-0.05, 0) is 18.6 Å². The summed E-state index contributed by atoms with van der Waals surface area (Å²) in [6.07, 6.45) is 0.655. The lowest BCUT2D eigenvalue weighted by Crippen LogP contribution is -2.01. The third-order valence-electron chi connectivity index (χ3n) is 1.73. The van der Waals surface area contributed by atoms with E-state index in [2.05, 4.69) is 0 Å². The van der Waals surface area contributed by atoms with Crippen LogP contribution in [0.5, 0.6) is 0 Å². The van der Waals surface area contributed by atoms with Crippen molar-refractivity contribution in [3.8, 4) is 0 Å². The third kappa shape index (κ3) is 1.34. The first-order valence-electron chi connectivity index (χ1n) is 3.45. The van der Waals surface area contributed by atoms with Gasteiger partial charge in [-0.15, -0.1) is 0 Å². The van der Waals surface area contributed by atoms with Crippen molar-refractivity contribution in [3.05, 3.63) is 34.9 Å². The highest BCUT2D eigenvalue weighted by Gasteiger charge is 2.08. The predicted octanol–water partition coefficient (Wildman–Crippen LogP) is 1.51. The van der Waals surface area contributed by atoms with Crippen molar-refractivity contribution in [1.82, 2.24) is 0 Å². The zero-order valence-corrected chi connectivity index (χ0v) is 6.57. The SMILES string of the molecule is Cc1c(C=O)cccc1C(=O)O. The average molecular weight is 164 g/mol. The van der Waals surface area contributed by atoms with Gasteiger partial charge in [-0.3, -0.25) is 4.79 Å². The molecule has 1 aromatic rings. The maximum atomic E-state index is 10.6. The largest absolute Gasteiger partial charge is 0.478 e. The number of carbonyl (C=O) groups excluding carboxylic acids is 1. The van der Waals surface area contributed by atoms with Gasteiger partial charge in [0.05, 0.1) is 5.56 Å². The molecular weight excluding hydrogens is 156 g/mol. The summed E-state index contributed by atoms with van der Waals surface area (Å²) in [4.78, 5) is 21.0. The number of aldehydes is 1. The molecule has 1 aromatic carbocycles. The Morgan fingerprint density at radius 3 is 2.67 bits per heavy atom. The topological polar surface area (TPSA) is 54.4 Å². The van der Waals surface area contributed by atoms with Crippen LogP contribution in [0.2, 0.25) is 0 Å². The Kier molecular flexibility index (Phi) is 2.24. The van der Waals surface area contributed by atoms with Crippen molar-refractivity contribution < 1.29 is 14.7 Å². The maximum Gasteiger partial charge on any atom is 0.335 e. The van der Waals surface area contributed by atoms with Crippen LogP contribution >= 0.6 is 0 Å². The molecule has 0 aliphatic rings. The van der Waals surface area contributed by atoms with Gasteiger partial charge in [0.1, 0.15) is 6.29 Å². The van der Waals surface area contributed by atoms with E-state index < -0.39 is 5.97 Å². The molecule has 0 saturated heterocycles. The molecule has 0 amide bonds. The van der Waals surface area contributed by atoms with E-state index in [1.54, 1.807) is 19.1 Å². The summed E-state index contributed by atoms with van der Waals surface area (Å²) in [5, 5.41) is 8.67. The molecule has 0 fully saturated rings. The van der Waals surface area contributed by atoms with Crippen molar-refractivity contribution in [2.45, 2.75) is 6.92 Å². The van der Waals surface area contributed by atoms with Gasteiger partial charge >= 0.3 is 5.97 Å². The summed E-state index contributed by atoms with van der Waals surface area (Å²) in [6.45, 7) is 1.62. The number of aromatic carboxylic acids is 1. The zero-order valence-electron chi connectivity index (χ0n) is 6.57. The Hall–Kier alpha value is -1.64. The van der Waals surface area contributed by atoms with Crippen LogP contribution in [0.4, 0.5) is 0 Å². The van der Waals surface area contributed by atoms with Crippen molar-refractivity contribution in [2.24, 2.45) is 0 Å². The van der Waals surface area contributed by atoms with Gasteiger partial charge in [-0.2, -0.15) is 0 Å². The van der Waals surface area contributed by atoms with Gasteiger partial charge in [0.25, 0.3) is 0 Å². The van der Waals surface area contributed by atoms with Gasteiger partial charge in [0.2, 0.25) is 0 Å². The lowest BCUT2D eigenvalue weighted by Gasteiger charge is -2.01. The Morgan fingerprint density at radius 1 is 1.50 bits per heavy atom. The first kappa shape index (κ1) is 8.46. The first-order chi connectivity index (χ1) is 5.66. The van der Waals surface area contributed by atoms with Crippen molar-refractivity contribution in [1.29, 1.82) is 0 Å². The molecule has 0 atom stereocenters. The molecule has 0 spiro atoms. The Morgan fingerprint density at radius 2 is 2.17 bits per heavy atom. The second-order valence-electron chi connectivity index (χ2n) is 2.44. The van der Waals surface area contributed by atoms with E-state index in [9.17, 15) is 9.59 Å². The maximum absolute atomic E-state index is 10.6. The molecule has 3 nitrogen and oxygen atoms in total. The first-order valence-corrected chi connectivity index (χ1v) is 3.45. The fourth-order valence-electron chi connectivity index (χ4n) is 1.01. The Bertz CT molecular complexity index is 329. The van der Waals surface area contributed by atoms with Crippen LogP contribution in [0.25, 0.3) is 0 Å². The number of rotatable bonds is 2. The minimum atomic E-state index is -1.00. The van der Waals surface area contributed by atoms with E-state index in [4.69, 9.17) is 5.11 Å². The van der Waals surface area contributed by atoms with Gasteiger partial charge in [-0.1, -0.05) is 12.1 Å². The molecule has 0 bridgehead atoms. The predicted molar refractivity (Wildman–Crippen MR) is 43.5 cm³/mol. The number of carbonyl (C=O) groups is 2. The minimum Gasteiger partial charge on any atom is -0.478 e. The molecule has 0 saturated carbocycles. The fourth-order valence-corrected chi connectivity index (χ4v) is 1.01. The van der Waals surface area contributed by atoms with E-state index in [0.29, 0.717) is 17.4 Å². The quantitative estimate of drug-likeness (QED) is 0.674. The molecule has 0 heterocycles. The summed E-state index contributed by atoms with van der Waals surface area (Å²) < 4.78 is 0. The highest BCUT2D eigenvalue weighted by Crippen LogP contribution is 2.11. The van der Waals surface area contributed by atoms with Crippen LogP contribution in [-0.4, -0.2) is 17.4 Å². The highest BCUT2D eigenvalue weighted by molar-refractivity contribution is 5.92. The van der Waals surface area contributed by atoms with Crippen LogP contribution in [0, 0.1) is 6.92 Å². The molecule has 0 aromatic heterocycles. The molecule has 3 heteroatoms.